The summed E-state index contributed by atoms with van der Waals surface area (Å²) in [6.45, 7) is 2.82. The molecule has 210 valence electrons. The lowest BCUT2D eigenvalue weighted by Gasteiger charge is -2.28. The van der Waals surface area contributed by atoms with Gasteiger partial charge in [-0.15, -0.1) is 0 Å². The fourth-order valence-corrected chi connectivity index (χ4v) is 4.84. The van der Waals surface area contributed by atoms with Crippen molar-refractivity contribution in [2.75, 3.05) is 0 Å². The second-order valence-electron chi connectivity index (χ2n) is 9.87. The average molecular weight is 563 g/mol. The number of carbonyl (C=O) groups is 2. The molecule has 0 fully saturated rings. The number of para-hydroxylation sites is 2. The van der Waals surface area contributed by atoms with E-state index in [4.69, 9.17) is 10.3 Å². The first kappa shape index (κ1) is 30.0. The van der Waals surface area contributed by atoms with Gasteiger partial charge in [-0.2, -0.15) is 8.42 Å². The zero-order valence-corrected chi connectivity index (χ0v) is 22.3. The molecule has 0 unspecified atom stereocenters. The number of nitrogens with two attached hydrogens (primary N) is 1. The van der Waals surface area contributed by atoms with Gasteiger partial charge in [0.2, 0.25) is 5.91 Å². The number of aromatic nitrogens is 2. The molecule has 3 aromatic rings. The number of primary amides is 1. The largest absolute Gasteiger partial charge is 0.397 e. The highest BCUT2D eigenvalue weighted by molar-refractivity contribution is 7.80. The quantitative estimate of drug-likeness (QED) is 0.227. The maximum absolute atomic E-state index is 13.8. The molecule has 1 aromatic heterocycles. The van der Waals surface area contributed by atoms with E-state index < -0.39 is 51.7 Å². The normalized spacial score (nSPS) is 14.5. The Morgan fingerprint density at radius 3 is 2.49 bits per heavy atom. The van der Waals surface area contributed by atoms with Crippen molar-refractivity contribution >= 4 is 33.2 Å². The van der Waals surface area contributed by atoms with Gasteiger partial charge >= 0.3 is 10.4 Å². The molecule has 3 rings (SSSR count). The molecule has 3 atom stereocenters. The summed E-state index contributed by atoms with van der Waals surface area (Å²) in [7, 11) is -4.73. The molecule has 0 saturated carbocycles. The second-order valence-corrected chi connectivity index (χ2v) is 10.9. The zero-order chi connectivity index (χ0) is 28.8. The third-order valence-corrected chi connectivity index (χ3v) is 6.82. The lowest BCUT2D eigenvalue weighted by Crippen LogP contribution is -2.46. The molecular weight excluding hydrogens is 531 g/mol. The first-order valence-corrected chi connectivity index (χ1v) is 13.5. The van der Waals surface area contributed by atoms with Crippen molar-refractivity contribution in [2.24, 2.45) is 11.7 Å². The van der Waals surface area contributed by atoms with Crippen molar-refractivity contribution in [1.82, 2.24) is 15.3 Å². The van der Waals surface area contributed by atoms with Crippen LogP contribution in [0.3, 0.4) is 0 Å². The van der Waals surface area contributed by atoms with E-state index in [1.807, 2.05) is 0 Å². The standard InChI is InChI=1S/C26H31FN4O7S/c1-26(2,38-39(35,36)37)11-10-17(24(28)33)14-23(32)21(13-16-6-5-7-18(27)12-16)31-25(34)22-15-29-19-8-3-4-9-20(19)30-22/h3-9,12,15,17,21,23,32H,10-11,13-14H2,1-2H3,(H2,28,33)(H,31,34)(H,35,36,37)/t17-,21+,23+/m1/s1. The number of aliphatic hydroxyl groups is 1. The van der Waals surface area contributed by atoms with Crippen molar-refractivity contribution in [3.63, 3.8) is 0 Å². The predicted molar refractivity (Wildman–Crippen MR) is 140 cm³/mol. The third kappa shape index (κ3) is 9.32. The van der Waals surface area contributed by atoms with Crippen LogP contribution >= 0.6 is 0 Å². The smallest absolute Gasteiger partial charge is 0.391 e. The number of halogens is 1. The van der Waals surface area contributed by atoms with Gasteiger partial charge in [0.1, 0.15) is 11.5 Å². The zero-order valence-electron chi connectivity index (χ0n) is 21.5. The van der Waals surface area contributed by atoms with Gasteiger partial charge in [0.05, 0.1) is 35.0 Å². The minimum Gasteiger partial charge on any atom is -0.391 e. The Bertz CT molecular complexity index is 1430. The number of aliphatic hydroxyl groups excluding tert-OH is 1. The van der Waals surface area contributed by atoms with Gasteiger partial charge in [-0.3, -0.25) is 19.1 Å². The van der Waals surface area contributed by atoms with E-state index in [-0.39, 0.29) is 31.4 Å². The van der Waals surface area contributed by atoms with Crippen LogP contribution in [0, 0.1) is 11.7 Å². The summed E-state index contributed by atoms with van der Waals surface area (Å²) in [6, 6.07) is 11.7. The monoisotopic (exact) mass is 562 g/mol. The van der Waals surface area contributed by atoms with E-state index in [0.717, 1.165) is 0 Å². The second kappa shape index (κ2) is 12.6. The summed E-state index contributed by atoms with van der Waals surface area (Å²) in [5.74, 6) is -2.82. The van der Waals surface area contributed by atoms with Gasteiger partial charge in [0.15, 0.2) is 0 Å². The van der Waals surface area contributed by atoms with E-state index in [2.05, 4.69) is 19.5 Å². The Kier molecular flexibility index (Phi) is 9.67. The van der Waals surface area contributed by atoms with E-state index in [1.54, 1.807) is 30.3 Å². The molecule has 0 radical (unpaired) electrons. The Morgan fingerprint density at radius 2 is 1.85 bits per heavy atom. The lowest BCUT2D eigenvalue weighted by atomic mass is 9.87. The molecule has 0 aliphatic heterocycles. The molecule has 0 aliphatic rings. The van der Waals surface area contributed by atoms with Gasteiger partial charge in [-0.25, -0.2) is 13.6 Å². The van der Waals surface area contributed by atoms with Gasteiger partial charge < -0.3 is 16.2 Å². The van der Waals surface area contributed by atoms with Crippen LogP contribution in [0.4, 0.5) is 4.39 Å². The van der Waals surface area contributed by atoms with E-state index >= 15 is 0 Å². The van der Waals surface area contributed by atoms with Crippen LogP contribution < -0.4 is 11.1 Å². The molecule has 0 aliphatic carbocycles. The third-order valence-electron chi connectivity index (χ3n) is 6.16. The van der Waals surface area contributed by atoms with Crippen molar-refractivity contribution in [3.8, 4) is 0 Å². The number of fused-ring (bicyclic) bond motifs is 1. The molecule has 39 heavy (non-hydrogen) atoms. The number of amides is 2. The summed E-state index contributed by atoms with van der Waals surface area (Å²) in [5, 5.41) is 13.8. The Balaban J connectivity index is 1.79. The van der Waals surface area contributed by atoms with Crippen LogP contribution in [0.5, 0.6) is 0 Å². The Labute approximate surface area is 225 Å². The highest BCUT2D eigenvalue weighted by Gasteiger charge is 2.31. The molecule has 1 heterocycles. The number of nitrogens with zero attached hydrogens (tertiary/aromatic N) is 2. The molecule has 11 nitrogen and oxygen atoms in total. The molecule has 0 spiro atoms. The first-order valence-electron chi connectivity index (χ1n) is 12.1. The van der Waals surface area contributed by atoms with Crippen LogP contribution in [0.15, 0.2) is 54.7 Å². The number of rotatable bonds is 13. The molecule has 2 aromatic carbocycles. The highest BCUT2D eigenvalue weighted by atomic mass is 32.3. The fourth-order valence-electron chi connectivity index (χ4n) is 4.19. The van der Waals surface area contributed by atoms with Crippen molar-refractivity contribution < 1.29 is 36.2 Å². The van der Waals surface area contributed by atoms with Crippen LogP contribution in [0.2, 0.25) is 0 Å². The Hall–Kier alpha value is -3.52. The van der Waals surface area contributed by atoms with Crippen molar-refractivity contribution in [2.45, 2.75) is 57.3 Å². The topological polar surface area (TPSA) is 182 Å². The maximum Gasteiger partial charge on any atom is 0.397 e. The van der Waals surface area contributed by atoms with E-state index in [9.17, 15) is 27.5 Å². The van der Waals surface area contributed by atoms with Crippen LogP contribution in [0.1, 0.15) is 49.2 Å². The number of benzene rings is 2. The molecular formula is C26H31FN4O7S. The number of carbonyl (C=O) groups excluding carboxylic acids is 2. The summed E-state index contributed by atoms with van der Waals surface area (Å²) < 4.78 is 49.7. The van der Waals surface area contributed by atoms with Gasteiger partial charge in [0.25, 0.3) is 5.91 Å². The van der Waals surface area contributed by atoms with Gasteiger partial charge in [0, 0.05) is 5.92 Å². The van der Waals surface area contributed by atoms with Crippen molar-refractivity contribution in [3.05, 3.63) is 71.8 Å². The Morgan fingerprint density at radius 1 is 1.15 bits per heavy atom. The molecule has 5 N–H and O–H groups in total. The van der Waals surface area contributed by atoms with E-state index in [0.29, 0.717) is 16.6 Å². The van der Waals surface area contributed by atoms with Crippen LogP contribution in [-0.2, 0) is 25.8 Å². The van der Waals surface area contributed by atoms with E-state index in [1.165, 1.54) is 38.2 Å². The summed E-state index contributed by atoms with van der Waals surface area (Å²) in [4.78, 5) is 33.8. The summed E-state index contributed by atoms with van der Waals surface area (Å²) in [6.07, 6.45) is -0.164. The number of nitrogens with one attached hydrogen (secondary N) is 1. The minimum atomic E-state index is -4.73. The maximum atomic E-state index is 13.8. The number of hydrogen-bond donors (Lipinski definition) is 4. The lowest BCUT2D eigenvalue weighted by molar-refractivity contribution is -0.123. The summed E-state index contributed by atoms with van der Waals surface area (Å²) in [5.41, 5.74) is 5.77. The van der Waals surface area contributed by atoms with Gasteiger partial charge in [-0.05, 0) is 69.4 Å². The summed E-state index contributed by atoms with van der Waals surface area (Å²) >= 11 is 0. The molecule has 0 bridgehead atoms. The molecule has 0 saturated heterocycles. The SMILES string of the molecule is CC(C)(CC[C@H](C[C@H](O)[C@H](Cc1cccc(F)c1)NC(=O)c1cnc2ccccc2n1)C(N)=O)OS(=O)(=O)O. The van der Waals surface area contributed by atoms with Crippen molar-refractivity contribution in [1.29, 1.82) is 0 Å². The van der Waals surface area contributed by atoms with Crippen LogP contribution in [0.25, 0.3) is 11.0 Å². The fraction of sp³-hybridized carbons (Fsp3) is 0.385. The highest BCUT2D eigenvalue weighted by Crippen LogP contribution is 2.25. The first-order chi connectivity index (χ1) is 18.2. The number of hydrogen-bond acceptors (Lipinski definition) is 8. The predicted octanol–water partition coefficient (Wildman–Crippen LogP) is 2.34. The minimum absolute atomic E-state index is 0.000652. The van der Waals surface area contributed by atoms with Gasteiger partial charge in [-0.1, -0.05) is 24.3 Å². The van der Waals surface area contributed by atoms with Crippen LogP contribution in [-0.4, -0.2) is 57.6 Å². The molecule has 2 amide bonds. The average Bonchev–Trinajstić information content (AvgIpc) is 2.84. The molecule has 13 heteroatoms.